The van der Waals surface area contributed by atoms with Crippen molar-refractivity contribution in [2.75, 3.05) is 13.2 Å². The van der Waals surface area contributed by atoms with E-state index in [2.05, 4.69) is 22.1 Å². The van der Waals surface area contributed by atoms with Crippen molar-refractivity contribution < 1.29 is 9.50 Å². The van der Waals surface area contributed by atoms with E-state index in [0.29, 0.717) is 19.6 Å². The monoisotopic (exact) mass is 316 g/mol. The summed E-state index contributed by atoms with van der Waals surface area (Å²) in [4.78, 5) is 2.18. The summed E-state index contributed by atoms with van der Waals surface area (Å²) in [5.74, 6) is -0.217. The summed E-state index contributed by atoms with van der Waals surface area (Å²) in [5.41, 5.74) is 1.72. The van der Waals surface area contributed by atoms with Crippen molar-refractivity contribution in [2.24, 2.45) is 0 Å². The van der Waals surface area contributed by atoms with Crippen molar-refractivity contribution in [3.05, 3.63) is 72.3 Å². The molecule has 0 fully saturated rings. The molecule has 0 saturated heterocycles. The molecule has 3 nitrogen and oxygen atoms in total. The van der Waals surface area contributed by atoms with Crippen LogP contribution < -0.4 is 0 Å². The molecule has 23 heavy (non-hydrogen) atoms. The highest BCUT2D eigenvalue weighted by Crippen LogP contribution is 2.19. The van der Waals surface area contributed by atoms with Crippen molar-refractivity contribution in [1.29, 1.82) is 0 Å². The van der Waals surface area contributed by atoms with Gasteiger partial charge in [-0.05, 0) is 43.7 Å². The molecular weight excluding hydrogens is 291 g/mol. The topological polar surface area (TPSA) is 28.4 Å². The molecule has 2 rings (SSSR count). The van der Waals surface area contributed by atoms with Crippen LogP contribution in [-0.2, 0) is 13.1 Å². The Labute approximate surface area is 137 Å². The third-order valence-corrected chi connectivity index (χ3v) is 4.11. The molecule has 0 amide bonds. The first-order valence-corrected chi connectivity index (χ1v) is 7.81. The maximum atomic E-state index is 13.4. The highest BCUT2D eigenvalue weighted by atomic mass is 19.1. The van der Waals surface area contributed by atoms with Gasteiger partial charge in [-0.1, -0.05) is 18.2 Å². The second-order valence-electron chi connectivity index (χ2n) is 6.40. The SMILES string of the molecule is C=CCN(Cc1cccn1Cc1cccc(F)c1)C(C)(C)CO. The number of rotatable bonds is 8. The normalized spacial score (nSPS) is 11.9. The Balaban J connectivity index is 2.18. The summed E-state index contributed by atoms with van der Waals surface area (Å²) in [5, 5.41) is 9.63. The molecule has 0 radical (unpaired) electrons. The van der Waals surface area contributed by atoms with E-state index in [1.54, 1.807) is 12.1 Å². The van der Waals surface area contributed by atoms with Gasteiger partial charge in [0.2, 0.25) is 0 Å². The molecule has 0 unspecified atom stereocenters. The van der Waals surface area contributed by atoms with Crippen molar-refractivity contribution in [3.8, 4) is 0 Å². The van der Waals surface area contributed by atoms with Crippen molar-refractivity contribution in [1.82, 2.24) is 9.47 Å². The molecule has 0 spiro atoms. The largest absolute Gasteiger partial charge is 0.394 e. The smallest absolute Gasteiger partial charge is 0.123 e. The first-order valence-electron chi connectivity index (χ1n) is 7.81. The molecule has 0 aliphatic heterocycles. The lowest BCUT2D eigenvalue weighted by molar-refractivity contribution is 0.0589. The predicted molar refractivity (Wildman–Crippen MR) is 91.7 cm³/mol. The fraction of sp³-hybridized carbons (Fsp3) is 0.368. The van der Waals surface area contributed by atoms with Crippen LogP contribution in [0.4, 0.5) is 4.39 Å². The van der Waals surface area contributed by atoms with E-state index >= 15 is 0 Å². The lowest BCUT2D eigenvalue weighted by Gasteiger charge is -2.36. The van der Waals surface area contributed by atoms with Crippen LogP contribution in [0.3, 0.4) is 0 Å². The van der Waals surface area contributed by atoms with Crippen molar-refractivity contribution in [2.45, 2.75) is 32.5 Å². The molecule has 0 aliphatic rings. The maximum Gasteiger partial charge on any atom is 0.123 e. The second kappa shape index (κ2) is 7.57. The van der Waals surface area contributed by atoms with Gasteiger partial charge in [-0.2, -0.15) is 0 Å². The Hall–Kier alpha value is -1.91. The summed E-state index contributed by atoms with van der Waals surface area (Å²) in [7, 11) is 0. The Kier molecular flexibility index (Phi) is 5.74. The standard InChI is InChI=1S/C19H25FN2O/c1-4-10-22(19(2,3)15-23)14-18-9-6-11-21(18)13-16-7-5-8-17(20)12-16/h4-9,11-12,23H,1,10,13-15H2,2-3H3. The molecule has 0 aliphatic carbocycles. The molecule has 1 aromatic heterocycles. The highest BCUT2D eigenvalue weighted by Gasteiger charge is 2.25. The van der Waals surface area contributed by atoms with Crippen molar-refractivity contribution >= 4 is 0 Å². The van der Waals surface area contributed by atoms with Gasteiger partial charge in [-0.25, -0.2) is 4.39 Å². The second-order valence-corrected chi connectivity index (χ2v) is 6.40. The van der Waals surface area contributed by atoms with Crippen LogP contribution in [0.1, 0.15) is 25.1 Å². The first kappa shape index (κ1) is 17.4. The fourth-order valence-electron chi connectivity index (χ4n) is 2.56. The summed E-state index contributed by atoms with van der Waals surface area (Å²) < 4.78 is 15.5. The predicted octanol–water partition coefficient (Wildman–Crippen LogP) is 3.43. The number of aliphatic hydroxyl groups excluding tert-OH is 1. The molecule has 1 heterocycles. The Bertz CT molecular complexity index is 648. The Morgan fingerprint density at radius 1 is 1.30 bits per heavy atom. The summed E-state index contributed by atoms with van der Waals surface area (Å²) in [6.45, 7) is 9.92. The first-order chi connectivity index (χ1) is 11.0. The molecule has 4 heteroatoms. The van der Waals surface area contributed by atoms with Gasteiger partial charge in [0.05, 0.1) is 6.61 Å². The molecule has 0 atom stereocenters. The highest BCUT2D eigenvalue weighted by molar-refractivity contribution is 5.19. The van der Waals surface area contributed by atoms with Gasteiger partial charge >= 0.3 is 0 Å². The van der Waals surface area contributed by atoms with Gasteiger partial charge in [0, 0.05) is 37.1 Å². The number of hydrogen-bond donors (Lipinski definition) is 1. The van der Waals surface area contributed by atoms with E-state index in [4.69, 9.17) is 0 Å². The Morgan fingerprint density at radius 2 is 2.09 bits per heavy atom. The number of benzene rings is 1. The number of hydrogen-bond acceptors (Lipinski definition) is 2. The minimum Gasteiger partial charge on any atom is -0.394 e. The van der Waals surface area contributed by atoms with Gasteiger partial charge in [0.15, 0.2) is 0 Å². The third-order valence-electron chi connectivity index (χ3n) is 4.11. The zero-order valence-electron chi connectivity index (χ0n) is 13.9. The van der Waals surface area contributed by atoms with Crippen LogP contribution in [0.2, 0.25) is 0 Å². The minimum atomic E-state index is -0.331. The van der Waals surface area contributed by atoms with E-state index in [1.807, 2.05) is 38.3 Å². The third kappa shape index (κ3) is 4.53. The van der Waals surface area contributed by atoms with E-state index in [0.717, 1.165) is 11.3 Å². The number of nitrogens with zero attached hydrogens (tertiary/aromatic N) is 2. The van der Waals surface area contributed by atoms with E-state index in [9.17, 15) is 9.50 Å². The molecule has 1 N–H and O–H groups in total. The minimum absolute atomic E-state index is 0.0748. The number of aliphatic hydroxyl groups is 1. The van der Waals surface area contributed by atoms with Crippen LogP contribution in [0, 0.1) is 5.82 Å². The van der Waals surface area contributed by atoms with Crippen molar-refractivity contribution in [3.63, 3.8) is 0 Å². The van der Waals surface area contributed by atoms with E-state index in [1.165, 1.54) is 6.07 Å². The zero-order valence-corrected chi connectivity index (χ0v) is 13.9. The van der Waals surface area contributed by atoms with Crippen LogP contribution in [0.25, 0.3) is 0 Å². The van der Waals surface area contributed by atoms with E-state index < -0.39 is 0 Å². The van der Waals surface area contributed by atoms with Crippen LogP contribution in [-0.4, -0.2) is 33.3 Å². The van der Waals surface area contributed by atoms with Crippen LogP contribution >= 0.6 is 0 Å². The molecule has 124 valence electrons. The molecular formula is C19H25FN2O. The van der Waals surface area contributed by atoms with Gasteiger partial charge in [0.1, 0.15) is 5.82 Å². The van der Waals surface area contributed by atoms with Gasteiger partial charge < -0.3 is 9.67 Å². The number of halogens is 1. The van der Waals surface area contributed by atoms with E-state index in [-0.39, 0.29) is 18.0 Å². The van der Waals surface area contributed by atoms with Gasteiger partial charge in [-0.3, -0.25) is 4.90 Å². The van der Waals surface area contributed by atoms with Crippen LogP contribution in [0.5, 0.6) is 0 Å². The molecule has 2 aromatic rings. The van der Waals surface area contributed by atoms with Crippen LogP contribution in [0.15, 0.2) is 55.3 Å². The summed E-state index contributed by atoms with van der Waals surface area (Å²) >= 11 is 0. The molecule has 0 saturated carbocycles. The quantitative estimate of drug-likeness (QED) is 0.756. The maximum absolute atomic E-state index is 13.4. The summed E-state index contributed by atoms with van der Waals surface area (Å²) in [6.07, 6.45) is 3.84. The Morgan fingerprint density at radius 3 is 2.74 bits per heavy atom. The average molecular weight is 316 g/mol. The number of aromatic nitrogens is 1. The lowest BCUT2D eigenvalue weighted by atomic mass is 10.0. The lowest BCUT2D eigenvalue weighted by Crippen LogP contribution is -2.46. The average Bonchev–Trinajstić information content (AvgIpc) is 2.94. The van der Waals surface area contributed by atoms with Gasteiger partial charge in [0.25, 0.3) is 0 Å². The molecule has 1 aromatic carbocycles. The van der Waals surface area contributed by atoms with Gasteiger partial charge in [-0.15, -0.1) is 6.58 Å². The summed E-state index contributed by atoms with van der Waals surface area (Å²) in [6, 6.07) is 10.7. The fourth-order valence-corrected chi connectivity index (χ4v) is 2.56. The zero-order chi connectivity index (χ0) is 16.9. The molecule has 0 bridgehead atoms.